The van der Waals surface area contributed by atoms with Crippen molar-refractivity contribution in [3.05, 3.63) is 58.4 Å². The van der Waals surface area contributed by atoms with Crippen LogP contribution < -0.4 is 10.5 Å². The number of carbonyl (C=O) groups is 2. The minimum Gasteiger partial charge on any atom is -0.490 e. The third kappa shape index (κ3) is 5.25. The number of morpholine rings is 1. The van der Waals surface area contributed by atoms with Crippen LogP contribution in [0.5, 0.6) is 5.75 Å². The van der Waals surface area contributed by atoms with Crippen molar-refractivity contribution in [2.45, 2.75) is 25.9 Å². The SMILES string of the molecule is Cc1ccc(C(=O)N2CCOC(COc3ccc(Cl)c(C)c3)(CC(N)=O)C2)cn1. The van der Waals surface area contributed by atoms with Gasteiger partial charge < -0.3 is 20.1 Å². The second kappa shape index (κ2) is 8.80. The molecule has 7 nitrogen and oxygen atoms in total. The Morgan fingerprint density at radius 2 is 2.10 bits per heavy atom. The van der Waals surface area contributed by atoms with Gasteiger partial charge in [0.1, 0.15) is 18.0 Å². The van der Waals surface area contributed by atoms with E-state index < -0.39 is 11.5 Å². The predicted molar refractivity (Wildman–Crippen MR) is 109 cm³/mol. The molecule has 2 aromatic rings. The van der Waals surface area contributed by atoms with Gasteiger partial charge in [0.05, 0.1) is 25.1 Å². The predicted octanol–water partition coefficient (Wildman–Crippen LogP) is 2.52. The number of nitrogens with zero attached hydrogens (tertiary/aromatic N) is 2. The van der Waals surface area contributed by atoms with Crippen LogP contribution in [0.3, 0.4) is 0 Å². The lowest BCUT2D eigenvalue weighted by Crippen LogP contribution is -2.58. The molecule has 0 aliphatic carbocycles. The Labute approximate surface area is 174 Å². The molecule has 29 heavy (non-hydrogen) atoms. The van der Waals surface area contributed by atoms with Crippen molar-refractivity contribution in [2.75, 3.05) is 26.3 Å². The zero-order valence-corrected chi connectivity index (χ0v) is 17.2. The quantitative estimate of drug-likeness (QED) is 0.779. The Morgan fingerprint density at radius 1 is 1.31 bits per heavy atom. The molecule has 3 rings (SSSR count). The topological polar surface area (TPSA) is 94.8 Å². The Hall–Kier alpha value is -2.64. The average molecular weight is 418 g/mol. The third-order valence-electron chi connectivity index (χ3n) is 4.82. The van der Waals surface area contributed by atoms with Gasteiger partial charge in [-0.25, -0.2) is 0 Å². The third-order valence-corrected chi connectivity index (χ3v) is 5.25. The van der Waals surface area contributed by atoms with Crippen LogP contribution in [0.1, 0.15) is 28.0 Å². The molecule has 0 radical (unpaired) electrons. The number of carbonyl (C=O) groups excluding carboxylic acids is 2. The highest BCUT2D eigenvalue weighted by Gasteiger charge is 2.41. The number of primary amides is 1. The standard InChI is InChI=1S/C21H24ClN3O4/c1-14-9-17(5-6-18(14)22)28-13-21(10-19(23)26)12-25(7-8-29-21)20(27)16-4-3-15(2)24-11-16/h3-6,9,11H,7-8,10,12-13H2,1-2H3,(H2,23,26). The molecule has 1 unspecified atom stereocenters. The van der Waals surface area contributed by atoms with Crippen LogP contribution in [0.15, 0.2) is 36.5 Å². The maximum atomic E-state index is 12.9. The molecule has 8 heteroatoms. The molecule has 0 spiro atoms. The van der Waals surface area contributed by atoms with Crippen LogP contribution in [0.25, 0.3) is 0 Å². The molecule has 1 aliphatic heterocycles. The fourth-order valence-corrected chi connectivity index (χ4v) is 3.40. The molecule has 0 bridgehead atoms. The first kappa shape index (κ1) is 21.1. The van der Waals surface area contributed by atoms with Crippen molar-refractivity contribution < 1.29 is 19.1 Å². The van der Waals surface area contributed by atoms with Crippen molar-refractivity contribution in [2.24, 2.45) is 5.73 Å². The molecule has 1 atom stereocenters. The Bertz CT molecular complexity index is 903. The number of aromatic nitrogens is 1. The monoisotopic (exact) mass is 417 g/mol. The summed E-state index contributed by atoms with van der Waals surface area (Å²) in [6.45, 7) is 4.69. The molecule has 1 aromatic carbocycles. The van der Waals surface area contributed by atoms with Gasteiger partial charge in [-0.3, -0.25) is 14.6 Å². The number of nitrogens with two attached hydrogens (primary N) is 1. The van der Waals surface area contributed by atoms with Gasteiger partial charge in [-0.1, -0.05) is 11.6 Å². The van der Waals surface area contributed by atoms with Gasteiger partial charge in [0.25, 0.3) is 5.91 Å². The number of benzene rings is 1. The van der Waals surface area contributed by atoms with E-state index in [0.29, 0.717) is 22.9 Å². The van der Waals surface area contributed by atoms with Crippen LogP contribution >= 0.6 is 11.6 Å². The molecule has 154 valence electrons. The molecular formula is C21H24ClN3O4. The first-order valence-corrected chi connectivity index (χ1v) is 9.69. The van der Waals surface area contributed by atoms with Gasteiger partial charge in [-0.05, 0) is 49.7 Å². The lowest BCUT2D eigenvalue weighted by Gasteiger charge is -2.42. The number of hydrogen-bond donors (Lipinski definition) is 1. The number of amides is 2. The second-order valence-electron chi connectivity index (χ2n) is 7.29. The maximum absolute atomic E-state index is 12.9. The lowest BCUT2D eigenvalue weighted by molar-refractivity contribution is -0.142. The van der Waals surface area contributed by atoms with Crippen molar-refractivity contribution in [1.29, 1.82) is 0 Å². The molecule has 1 aromatic heterocycles. The summed E-state index contributed by atoms with van der Waals surface area (Å²) in [6.07, 6.45) is 1.49. The largest absolute Gasteiger partial charge is 0.490 e. The highest BCUT2D eigenvalue weighted by atomic mass is 35.5. The minimum atomic E-state index is -1.02. The summed E-state index contributed by atoms with van der Waals surface area (Å²) >= 11 is 6.06. The zero-order valence-electron chi connectivity index (χ0n) is 16.5. The van der Waals surface area contributed by atoms with Gasteiger partial charge in [0, 0.05) is 23.5 Å². The van der Waals surface area contributed by atoms with Gasteiger partial charge in [0.2, 0.25) is 5.91 Å². The summed E-state index contributed by atoms with van der Waals surface area (Å²) < 4.78 is 11.8. The van der Waals surface area contributed by atoms with E-state index >= 15 is 0 Å². The van der Waals surface area contributed by atoms with Crippen molar-refractivity contribution >= 4 is 23.4 Å². The number of rotatable bonds is 6. The van der Waals surface area contributed by atoms with E-state index in [9.17, 15) is 9.59 Å². The van der Waals surface area contributed by atoms with E-state index in [2.05, 4.69) is 4.98 Å². The zero-order chi connectivity index (χ0) is 21.0. The average Bonchev–Trinajstić information content (AvgIpc) is 2.69. The van der Waals surface area contributed by atoms with Gasteiger partial charge in [-0.2, -0.15) is 0 Å². The molecule has 1 saturated heterocycles. The van der Waals surface area contributed by atoms with Crippen LogP contribution in [0, 0.1) is 13.8 Å². The van der Waals surface area contributed by atoms with Gasteiger partial charge in [-0.15, -0.1) is 0 Å². The molecule has 2 N–H and O–H groups in total. The molecule has 1 fully saturated rings. The Morgan fingerprint density at radius 3 is 2.76 bits per heavy atom. The van der Waals surface area contributed by atoms with E-state index in [0.717, 1.165) is 11.3 Å². The number of aryl methyl sites for hydroxylation is 2. The Balaban J connectivity index is 1.77. The summed E-state index contributed by atoms with van der Waals surface area (Å²) in [6, 6.07) is 8.83. The molecule has 2 heterocycles. The van der Waals surface area contributed by atoms with E-state index in [1.54, 1.807) is 35.4 Å². The summed E-state index contributed by atoms with van der Waals surface area (Å²) in [5.74, 6) is -0.0882. The molecule has 1 aliphatic rings. The fourth-order valence-electron chi connectivity index (χ4n) is 3.28. The summed E-state index contributed by atoms with van der Waals surface area (Å²) in [7, 11) is 0. The normalized spacial score (nSPS) is 19.1. The summed E-state index contributed by atoms with van der Waals surface area (Å²) in [5, 5.41) is 0.640. The van der Waals surface area contributed by atoms with Gasteiger partial charge >= 0.3 is 0 Å². The molecule has 2 amide bonds. The van der Waals surface area contributed by atoms with Crippen molar-refractivity contribution in [1.82, 2.24) is 9.88 Å². The first-order valence-electron chi connectivity index (χ1n) is 9.31. The summed E-state index contributed by atoms with van der Waals surface area (Å²) in [4.78, 5) is 30.5. The van der Waals surface area contributed by atoms with Crippen molar-refractivity contribution in [3.63, 3.8) is 0 Å². The van der Waals surface area contributed by atoms with E-state index in [-0.39, 0.29) is 32.1 Å². The van der Waals surface area contributed by atoms with E-state index in [1.165, 1.54) is 0 Å². The Kier molecular flexibility index (Phi) is 6.39. The van der Waals surface area contributed by atoms with Crippen LogP contribution in [-0.4, -0.2) is 53.6 Å². The van der Waals surface area contributed by atoms with E-state index in [1.807, 2.05) is 19.9 Å². The van der Waals surface area contributed by atoms with Crippen LogP contribution in [0.2, 0.25) is 5.02 Å². The first-order chi connectivity index (χ1) is 13.8. The van der Waals surface area contributed by atoms with Gasteiger partial charge in [0.15, 0.2) is 0 Å². The number of ether oxygens (including phenoxy) is 2. The van der Waals surface area contributed by atoms with E-state index in [4.69, 9.17) is 26.8 Å². The maximum Gasteiger partial charge on any atom is 0.255 e. The highest BCUT2D eigenvalue weighted by molar-refractivity contribution is 6.31. The number of pyridine rings is 1. The molecular weight excluding hydrogens is 394 g/mol. The van der Waals surface area contributed by atoms with Crippen LogP contribution in [0.4, 0.5) is 0 Å². The number of halogens is 1. The second-order valence-corrected chi connectivity index (χ2v) is 7.70. The number of hydrogen-bond acceptors (Lipinski definition) is 5. The smallest absolute Gasteiger partial charge is 0.255 e. The van der Waals surface area contributed by atoms with Crippen molar-refractivity contribution in [3.8, 4) is 5.75 Å². The summed E-state index contributed by atoms with van der Waals surface area (Å²) in [5.41, 5.74) is 6.64. The fraction of sp³-hybridized carbons (Fsp3) is 0.381. The molecule has 0 saturated carbocycles. The minimum absolute atomic E-state index is 0.0600. The highest BCUT2D eigenvalue weighted by Crippen LogP contribution is 2.27. The lowest BCUT2D eigenvalue weighted by atomic mass is 9.97. The van der Waals surface area contributed by atoms with Crippen LogP contribution in [-0.2, 0) is 9.53 Å².